The van der Waals surface area contributed by atoms with Gasteiger partial charge in [0.15, 0.2) is 0 Å². The number of aliphatic carboxylic acids is 1. The molecular formula is C14H21ClO2. The van der Waals surface area contributed by atoms with Gasteiger partial charge in [-0.3, -0.25) is 4.79 Å². The van der Waals surface area contributed by atoms with Crippen molar-refractivity contribution in [2.24, 2.45) is 0 Å². The van der Waals surface area contributed by atoms with Crippen molar-refractivity contribution < 1.29 is 9.90 Å². The molecule has 0 aromatic heterocycles. The van der Waals surface area contributed by atoms with Gasteiger partial charge < -0.3 is 5.11 Å². The first kappa shape index (κ1) is 16.0. The molecule has 2 nitrogen and oxygen atoms in total. The molecule has 1 atom stereocenters. The zero-order valence-corrected chi connectivity index (χ0v) is 11.3. The summed E-state index contributed by atoms with van der Waals surface area (Å²) in [5.74, 6) is -0.360. The normalized spacial score (nSPS) is 11.2. The van der Waals surface area contributed by atoms with Crippen LogP contribution in [0.3, 0.4) is 0 Å². The van der Waals surface area contributed by atoms with E-state index in [0.29, 0.717) is 0 Å². The molecule has 96 valence electrons. The van der Waals surface area contributed by atoms with Crippen LogP contribution in [-0.4, -0.2) is 17.0 Å². The number of carboxylic acid groups (broad SMARTS) is 1. The Balaban J connectivity index is 0.000000366. The molecule has 0 saturated heterocycles. The smallest absolute Gasteiger partial charge is 0.310 e. The number of rotatable bonds is 5. The largest absolute Gasteiger partial charge is 0.481 e. The number of carbonyl (C=O) groups is 1. The first-order valence-corrected chi connectivity index (χ1v) is 6.50. The van der Waals surface area contributed by atoms with Crippen molar-refractivity contribution in [2.75, 3.05) is 5.88 Å². The minimum Gasteiger partial charge on any atom is -0.481 e. The van der Waals surface area contributed by atoms with E-state index >= 15 is 0 Å². The van der Waals surface area contributed by atoms with Crippen LogP contribution in [0.5, 0.6) is 0 Å². The van der Waals surface area contributed by atoms with Crippen LogP contribution >= 0.6 is 11.6 Å². The van der Waals surface area contributed by atoms with Crippen molar-refractivity contribution in [3.05, 3.63) is 35.9 Å². The Labute approximate surface area is 109 Å². The second kappa shape index (κ2) is 10.2. The van der Waals surface area contributed by atoms with Crippen LogP contribution in [0.1, 0.15) is 44.6 Å². The predicted molar refractivity (Wildman–Crippen MR) is 72.7 cm³/mol. The monoisotopic (exact) mass is 256 g/mol. The molecule has 0 saturated carbocycles. The molecule has 3 heteroatoms. The lowest BCUT2D eigenvalue weighted by Crippen LogP contribution is -2.06. The van der Waals surface area contributed by atoms with Gasteiger partial charge >= 0.3 is 5.97 Å². The first-order chi connectivity index (χ1) is 8.13. The van der Waals surface area contributed by atoms with Gasteiger partial charge in [0.05, 0.1) is 5.92 Å². The van der Waals surface area contributed by atoms with E-state index < -0.39 is 11.9 Å². The summed E-state index contributed by atoms with van der Waals surface area (Å²) in [4.78, 5) is 10.5. The van der Waals surface area contributed by atoms with Gasteiger partial charge in [0, 0.05) is 5.88 Å². The Kier molecular flexibility index (Phi) is 9.55. The van der Waals surface area contributed by atoms with Gasteiger partial charge in [-0.15, -0.1) is 11.6 Å². The first-order valence-electron chi connectivity index (χ1n) is 5.97. The lowest BCUT2D eigenvalue weighted by Gasteiger charge is -2.04. The SMILES string of the molecule is CC(C(=O)O)c1ccccc1.CCCCCCl. The molecule has 0 aliphatic heterocycles. The Morgan fingerprint density at radius 1 is 1.29 bits per heavy atom. The zero-order chi connectivity index (χ0) is 13.1. The summed E-state index contributed by atoms with van der Waals surface area (Å²) in [6.45, 7) is 3.85. The van der Waals surface area contributed by atoms with Gasteiger partial charge in [0.1, 0.15) is 0 Å². The van der Waals surface area contributed by atoms with Crippen molar-refractivity contribution in [1.82, 2.24) is 0 Å². The number of carboxylic acids is 1. The summed E-state index contributed by atoms with van der Waals surface area (Å²) in [6.07, 6.45) is 3.73. The molecule has 0 bridgehead atoms. The van der Waals surface area contributed by atoms with Gasteiger partial charge in [0.2, 0.25) is 0 Å². The van der Waals surface area contributed by atoms with Crippen LogP contribution in [0.4, 0.5) is 0 Å². The molecule has 0 aliphatic rings. The Morgan fingerprint density at radius 3 is 2.24 bits per heavy atom. The van der Waals surface area contributed by atoms with Crippen molar-refractivity contribution in [3.8, 4) is 0 Å². The molecule has 0 heterocycles. The van der Waals surface area contributed by atoms with Crippen LogP contribution < -0.4 is 0 Å². The minimum absolute atomic E-state index is 0.406. The van der Waals surface area contributed by atoms with Crippen molar-refractivity contribution >= 4 is 17.6 Å². The average Bonchev–Trinajstić information content (AvgIpc) is 2.37. The predicted octanol–water partition coefficient (Wildman–Crippen LogP) is 4.29. The lowest BCUT2D eigenvalue weighted by atomic mass is 10.0. The van der Waals surface area contributed by atoms with E-state index in [0.717, 1.165) is 11.4 Å². The van der Waals surface area contributed by atoms with Crippen LogP contribution in [0.25, 0.3) is 0 Å². The molecule has 0 radical (unpaired) electrons. The van der Waals surface area contributed by atoms with E-state index in [-0.39, 0.29) is 0 Å². The fraction of sp³-hybridized carbons (Fsp3) is 0.500. The lowest BCUT2D eigenvalue weighted by molar-refractivity contribution is -0.138. The molecule has 1 rings (SSSR count). The molecule has 0 amide bonds. The summed E-state index contributed by atoms with van der Waals surface area (Å²) >= 11 is 5.38. The third kappa shape index (κ3) is 7.81. The molecule has 1 aromatic carbocycles. The van der Waals surface area contributed by atoms with E-state index in [1.54, 1.807) is 6.92 Å². The Morgan fingerprint density at radius 2 is 1.88 bits per heavy atom. The number of unbranched alkanes of at least 4 members (excludes halogenated alkanes) is 2. The van der Waals surface area contributed by atoms with Gasteiger partial charge in [-0.05, 0) is 18.9 Å². The van der Waals surface area contributed by atoms with Crippen molar-refractivity contribution in [2.45, 2.75) is 39.0 Å². The summed E-state index contributed by atoms with van der Waals surface area (Å²) in [5, 5.41) is 8.64. The highest BCUT2D eigenvalue weighted by Crippen LogP contribution is 2.13. The molecule has 1 aromatic rings. The molecule has 17 heavy (non-hydrogen) atoms. The second-order valence-electron chi connectivity index (χ2n) is 3.87. The van der Waals surface area contributed by atoms with E-state index in [1.807, 2.05) is 30.3 Å². The van der Waals surface area contributed by atoms with E-state index in [4.69, 9.17) is 16.7 Å². The van der Waals surface area contributed by atoms with Crippen LogP contribution in [-0.2, 0) is 4.79 Å². The third-order valence-corrected chi connectivity index (χ3v) is 2.67. The fourth-order valence-electron chi connectivity index (χ4n) is 1.23. The maximum absolute atomic E-state index is 10.5. The summed E-state index contributed by atoms with van der Waals surface area (Å²) in [5.41, 5.74) is 0.847. The summed E-state index contributed by atoms with van der Waals surface area (Å²) in [7, 11) is 0. The molecular weight excluding hydrogens is 236 g/mol. The molecule has 0 aliphatic carbocycles. The number of hydrogen-bond donors (Lipinski definition) is 1. The van der Waals surface area contributed by atoms with Gasteiger partial charge in [-0.1, -0.05) is 50.1 Å². The highest BCUT2D eigenvalue weighted by molar-refractivity contribution is 6.17. The number of benzene rings is 1. The molecule has 0 fully saturated rings. The second-order valence-corrected chi connectivity index (χ2v) is 4.24. The highest BCUT2D eigenvalue weighted by atomic mass is 35.5. The van der Waals surface area contributed by atoms with Crippen molar-refractivity contribution in [1.29, 1.82) is 0 Å². The quantitative estimate of drug-likeness (QED) is 0.630. The molecule has 0 spiro atoms. The van der Waals surface area contributed by atoms with E-state index in [2.05, 4.69) is 6.92 Å². The van der Waals surface area contributed by atoms with Gasteiger partial charge in [-0.2, -0.15) is 0 Å². The fourth-order valence-corrected chi connectivity index (χ4v) is 1.42. The summed E-state index contributed by atoms with van der Waals surface area (Å²) < 4.78 is 0. The number of halogens is 1. The zero-order valence-electron chi connectivity index (χ0n) is 10.5. The van der Waals surface area contributed by atoms with Gasteiger partial charge in [-0.25, -0.2) is 0 Å². The molecule has 1 N–H and O–H groups in total. The van der Waals surface area contributed by atoms with Crippen molar-refractivity contribution in [3.63, 3.8) is 0 Å². The summed E-state index contributed by atoms with van der Waals surface area (Å²) in [6, 6.07) is 9.19. The highest BCUT2D eigenvalue weighted by Gasteiger charge is 2.11. The maximum atomic E-state index is 10.5. The Bertz CT molecular complexity index is 294. The van der Waals surface area contributed by atoms with Crippen LogP contribution in [0, 0.1) is 0 Å². The number of alkyl halides is 1. The van der Waals surface area contributed by atoms with E-state index in [1.165, 1.54) is 19.3 Å². The topological polar surface area (TPSA) is 37.3 Å². The Hall–Kier alpha value is -1.02. The third-order valence-electron chi connectivity index (χ3n) is 2.41. The minimum atomic E-state index is -0.781. The van der Waals surface area contributed by atoms with Gasteiger partial charge in [0.25, 0.3) is 0 Å². The van der Waals surface area contributed by atoms with Crippen LogP contribution in [0.2, 0.25) is 0 Å². The van der Waals surface area contributed by atoms with Crippen LogP contribution in [0.15, 0.2) is 30.3 Å². The number of hydrogen-bond acceptors (Lipinski definition) is 1. The molecule has 1 unspecified atom stereocenters. The maximum Gasteiger partial charge on any atom is 0.310 e. The van der Waals surface area contributed by atoms with E-state index in [9.17, 15) is 4.79 Å². The average molecular weight is 257 g/mol. The standard InChI is InChI=1S/C9H10O2.C5H11Cl/c1-7(9(10)11)8-5-3-2-4-6-8;1-2-3-4-5-6/h2-7H,1H3,(H,10,11);2-5H2,1H3.